The molecule has 0 aromatic carbocycles. The average molecular weight is 303 g/mol. The molecular formula is C15H17N3O2S. The number of rotatable bonds is 4. The van der Waals surface area contributed by atoms with Gasteiger partial charge in [0.25, 0.3) is 0 Å². The predicted molar refractivity (Wildman–Crippen MR) is 78.4 cm³/mol. The van der Waals surface area contributed by atoms with Crippen molar-refractivity contribution in [3.63, 3.8) is 0 Å². The van der Waals surface area contributed by atoms with Gasteiger partial charge < -0.3 is 9.32 Å². The fraction of sp³-hybridized carbons (Fsp3) is 0.467. The topological polar surface area (TPSA) is 49.6 Å². The van der Waals surface area contributed by atoms with E-state index in [-0.39, 0.29) is 5.91 Å². The predicted octanol–water partition coefficient (Wildman–Crippen LogP) is 2.37. The summed E-state index contributed by atoms with van der Waals surface area (Å²) in [6, 6.07) is 2.16. The molecule has 0 N–H and O–H groups in total. The van der Waals surface area contributed by atoms with Gasteiger partial charge in [-0.3, -0.25) is 9.69 Å². The Morgan fingerprint density at radius 3 is 3.00 bits per heavy atom. The van der Waals surface area contributed by atoms with Crippen molar-refractivity contribution in [3.05, 3.63) is 39.7 Å². The molecule has 1 saturated heterocycles. The highest BCUT2D eigenvalue weighted by Crippen LogP contribution is 2.26. The van der Waals surface area contributed by atoms with Gasteiger partial charge in [0.15, 0.2) is 0 Å². The van der Waals surface area contributed by atoms with E-state index < -0.39 is 0 Å². The minimum absolute atomic E-state index is 0.215. The Labute approximate surface area is 127 Å². The number of fused-ring (bicyclic) bond motifs is 1. The highest BCUT2D eigenvalue weighted by atomic mass is 32.1. The van der Waals surface area contributed by atoms with Crippen LogP contribution in [0.15, 0.2) is 21.2 Å². The molecule has 2 aliphatic heterocycles. The minimum atomic E-state index is 0.215. The Hall–Kier alpha value is -1.66. The maximum atomic E-state index is 11.6. The van der Waals surface area contributed by atoms with Crippen molar-refractivity contribution in [2.45, 2.75) is 39.0 Å². The van der Waals surface area contributed by atoms with Crippen molar-refractivity contribution >= 4 is 17.2 Å². The third-order valence-electron chi connectivity index (χ3n) is 4.05. The van der Waals surface area contributed by atoms with E-state index in [1.807, 2.05) is 4.90 Å². The first-order chi connectivity index (χ1) is 10.3. The van der Waals surface area contributed by atoms with E-state index in [1.54, 1.807) is 11.3 Å². The van der Waals surface area contributed by atoms with Crippen LogP contribution in [-0.2, 0) is 31.0 Å². The molecule has 110 valence electrons. The number of amides is 1. The zero-order chi connectivity index (χ0) is 14.2. The number of thiophene rings is 1. The van der Waals surface area contributed by atoms with E-state index in [0.717, 1.165) is 44.1 Å². The Kier molecular flexibility index (Phi) is 3.27. The largest absolute Gasteiger partial charge is 0.442 e. The maximum Gasteiger partial charge on any atom is 0.223 e. The zero-order valence-electron chi connectivity index (χ0n) is 11.7. The van der Waals surface area contributed by atoms with Gasteiger partial charge in [-0.25, -0.2) is 4.98 Å². The molecule has 2 aliphatic rings. The lowest BCUT2D eigenvalue weighted by atomic mass is 10.3. The number of hydrogen-bond donors (Lipinski definition) is 0. The van der Waals surface area contributed by atoms with E-state index in [4.69, 9.17) is 4.42 Å². The molecule has 1 amide bonds. The third kappa shape index (κ3) is 2.61. The van der Waals surface area contributed by atoms with Gasteiger partial charge in [-0.1, -0.05) is 0 Å². The van der Waals surface area contributed by atoms with Crippen LogP contribution in [0.4, 0.5) is 0 Å². The van der Waals surface area contributed by atoms with Crippen LogP contribution in [0.25, 0.3) is 0 Å². The molecule has 0 spiro atoms. The molecule has 0 saturated carbocycles. The maximum absolute atomic E-state index is 11.6. The SMILES string of the molecule is O=C1CCCN1Cc1nc2c(o1)CN(Cc1ccsc1)C2. The molecule has 0 radical (unpaired) electrons. The molecule has 2 aromatic rings. The number of carbonyl (C=O) groups excluding carboxylic acids is 1. The summed E-state index contributed by atoms with van der Waals surface area (Å²) in [4.78, 5) is 20.4. The Morgan fingerprint density at radius 2 is 2.29 bits per heavy atom. The van der Waals surface area contributed by atoms with E-state index in [9.17, 15) is 4.79 Å². The van der Waals surface area contributed by atoms with Crippen LogP contribution in [-0.4, -0.2) is 27.2 Å². The fourth-order valence-corrected chi connectivity index (χ4v) is 3.67. The van der Waals surface area contributed by atoms with E-state index in [0.29, 0.717) is 18.9 Å². The van der Waals surface area contributed by atoms with Crippen molar-refractivity contribution in [3.8, 4) is 0 Å². The van der Waals surface area contributed by atoms with Gasteiger partial charge in [0, 0.05) is 26.1 Å². The van der Waals surface area contributed by atoms with Crippen molar-refractivity contribution in [1.82, 2.24) is 14.8 Å². The van der Waals surface area contributed by atoms with E-state index in [2.05, 4.69) is 26.7 Å². The highest BCUT2D eigenvalue weighted by molar-refractivity contribution is 7.07. The quantitative estimate of drug-likeness (QED) is 0.870. The number of nitrogens with zero attached hydrogens (tertiary/aromatic N) is 3. The lowest BCUT2D eigenvalue weighted by Gasteiger charge is -2.14. The molecule has 4 heterocycles. The zero-order valence-corrected chi connectivity index (χ0v) is 12.6. The first-order valence-corrected chi connectivity index (χ1v) is 8.21. The standard InChI is InChI=1S/C15H17N3O2S/c19-15-2-1-4-18(15)9-14-16-12-7-17(8-13(12)20-14)6-11-3-5-21-10-11/h3,5,10H,1-2,4,6-9H2. The number of oxazole rings is 1. The Balaban J connectivity index is 1.39. The summed E-state index contributed by atoms with van der Waals surface area (Å²) in [5.41, 5.74) is 2.37. The molecule has 0 unspecified atom stereocenters. The van der Waals surface area contributed by atoms with Gasteiger partial charge in [-0.2, -0.15) is 11.3 Å². The molecule has 21 heavy (non-hydrogen) atoms. The molecule has 0 atom stereocenters. The molecule has 0 bridgehead atoms. The van der Waals surface area contributed by atoms with Gasteiger partial charge in [-0.15, -0.1) is 0 Å². The summed E-state index contributed by atoms with van der Waals surface area (Å²) in [6.07, 6.45) is 1.61. The normalized spacial score (nSPS) is 18.7. The fourth-order valence-electron chi connectivity index (χ4n) is 3.01. The van der Waals surface area contributed by atoms with Crippen molar-refractivity contribution in [1.29, 1.82) is 0 Å². The Bertz CT molecular complexity index is 626. The van der Waals surface area contributed by atoms with Gasteiger partial charge in [-0.05, 0) is 28.8 Å². The van der Waals surface area contributed by atoms with Gasteiger partial charge in [0.2, 0.25) is 11.8 Å². The average Bonchev–Trinajstić information content (AvgIpc) is 3.18. The molecule has 5 nitrogen and oxygen atoms in total. The van der Waals surface area contributed by atoms with Crippen LogP contribution in [0, 0.1) is 0 Å². The van der Waals surface area contributed by atoms with Crippen LogP contribution in [0.1, 0.15) is 35.7 Å². The van der Waals surface area contributed by atoms with Crippen molar-refractivity contribution in [2.24, 2.45) is 0 Å². The van der Waals surface area contributed by atoms with Crippen LogP contribution in [0.3, 0.4) is 0 Å². The second-order valence-electron chi connectivity index (χ2n) is 5.67. The van der Waals surface area contributed by atoms with Gasteiger partial charge >= 0.3 is 0 Å². The number of likely N-dealkylation sites (tertiary alicyclic amines) is 1. The number of carbonyl (C=O) groups is 1. The second kappa shape index (κ2) is 5.27. The van der Waals surface area contributed by atoms with Crippen molar-refractivity contribution < 1.29 is 9.21 Å². The van der Waals surface area contributed by atoms with Crippen LogP contribution in [0.2, 0.25) is 0 Å². The number of hydrogen-bond acceptors (Lipinski definition) is 5. The first kappa shape index (κ1) is 13.0. The molecule has 2 aromatic heterocycles. The smallest absolute Gasteiger partial charge is 0.223 e. The van der Waals surface area contributed by atoms with E-state index in [1.165, 1.54) is 5.56 Å². The van der Waals surface area contributed by atoms with Gasteiger partial charge in [0.1, 0.15) is 5.76 Å². The third-order valence-corrected chi connectivity index (χ3v) is 4.78. The molecule has 1 fully saturated rings. The second-order valence-corrected chi connectivity index (χ2v) is 6.45. The molecule has 0 aliphatic carbocycles. The summed E-state index contributed by atoms with van der Waals surface area (Å²) in [7, 11) is 0. The molecular weight excluding hydrogens is 286 g/mol. The van der Waals surface area contributed by atoms with Crippen LogP contribution in [0.5, 0.6) is 0 Å². The van der Waals surface area contributed by atoms with Gasteiger partial charge in [0.05, 0.1) is 18.8 Å². The molecule has 4 rings (SSSR count). The first-order valence-electron chi connectivity index (χ1n) is 7.26. The van der Waals surface area contributed by atoms with Crippen LogP contribution < -0.4 is 0 Å². The lowest BCUT2D eigenvalue weighted by molar-refractivity contribution is -0.128. The highest BCUT2D eigenvalue weighted by Gasteiger charge is 2.27. The van der Waals surface area contributed by atoms with Crippen molar-refractivity contribution in [2.75, 3.05) is 6.54 Å². The van der Waals surface area contributed by atoms with Crippen LogP contribution >= 0.6 is 11.3 Å². The van der Waals surface area contributed by atoms with E-state index >= 15 is 0 Å². The number of aromatic nitrogens is 1. The summed E-state index contributed by atoms with van der Waals surface area (Å²) in [6.45, 7) is 3.94. The lowest BCUT2D eigenvalue weighted by Crippen LogP contribution is -2.24. The Morgan fingerprint density at radius 1 is 1.33 bits per heavy atom. The monoisotopic (exact) mass is 303 g/mol. The summed E-state index contributed by atoms with van der Waals surface area (Å²) < 4.78 is 5.84. The minimum Gasteiger partial charge on any atom is -0.442 e. The summed E-state index contributed by atoms with van der Waals surface area (Å²) in [5.74, 6) is 1.87. The summed E-state index contributed by atoms with van der Waals surface area (Å²) in [5, 5.41) is 4.28. The molecule has 6 heteroatoms. The summed E-state index contributed by atoms with van der Waals surface area (Å²) >= 11 is 1.73.